The van der Waals surface area contributed by atoms with Crippen molar-refractivity contribution in [3.63, 3.8) is 0 Å². The molecule has 23 heavy (non-hydrogen) atoms. The first-order valence-electron chi connectivity index (χ1n) is 8.12. The van der Waals surface area contributed by atoms with E-state index in [1.165, 1.54) is 0 Å². The van der Waals surface area contributed by atoms with E-state index in [2.05, 4.69) is 41.7 Å². The Kier molecular flexibility index (Phi) is 13.5. The van der Waals surface area contributed by atoms with E-state index in [9.17, 15) is 4.79 Å². The molecule has 0 heterocycles. The van der Waals surface area contributed by atoms with E-state index in [4.69, 9.17) is 4.74 Å². The highest BCUT2D eigenvalue weighted by Crippen LogP contribution is 2.07. The van der Waals surface area contributed by atoms with Crippen LogP contribution in [0.1, 0.15) is 54.4 Å². The van der Waals surface area contributed by atoms with E-state index in [1.807, 2.05) is 20.8 Å². The summed E-state index contributed by atoms with van der Waals surface area (Å²) in [6, 6.07) is 0.0115. The van der Waals surface area contributed by atoms with E-state index in [0.29, 0.717) is 12.5 Å². The van der Waals surface area contributed by atoms with Crippen LogP contribution < -0.4 is 16.0 Å². The number of ether oxygens (including phenoxy) is 1. The predicted octanol–water partition coefficient (Wildman–Crippen LogP) is 3.12. The summed E-state index contributed by atoms with van der Waals surface area (Å²) in [5.74, 6) is 1.30. The molecule has 0 aliphatic carbocycles. The van der Waals surface area contributed by atoms with Gasteiger partial charge in [0.2, 0.25) is 0 Å². The highest BCUT2D eigenvalue weighted by molar-refractivity contribution is 14.0. The van der Waals surface area contributed by atoms with Crippen molar-refractivity contribution in [2.45, 2.75) is 66.0 Å². The number of rotatable bonds is 7. The van der Waals surface area contributed by atoms with Crippen molar-refractivity contribution in [3.8, 4) is 0 Å². The second-order valence-electron chi connectivity index (χ2n) is 6.86. The second-order valence-corrected chi connectivity index (χ2v) is 6.86. The average molecular weight is 442 g/mol. The molecular weight excluding hydrogens is 407 g/mol. The normalized spacial score (nSPS) is 13.1. The molecule has 0 rings (SSSR count). The average Bonchev–Trinajstić information content (AvgIpc) is 2.36. The predicted molar refractivity (Wildman–Crippen MR) is 108 cm³/mol. The standard InChI is InChI=1S/C16H34N4O2.HI/c1-8-9-13(20-15(21)22-16(4,5)6)11-19-14(17-7)18-10-12(2)3;/h12-13H,8-11H2,1-7H3,(H,20,21)(H2,17,18,19);1H. The Hall–Kier alpha value is -0.730. The quantitative estimate of drug-likeness (QED) is 0.322. The molecule has 3 N–H and O–H groups in total. The monoisotopic (exact) mass is 442 g/mol. The van der Waals surface area contributed by atoms with E-state index in [-0.39, 0.29) is 36.1 Å². The molecule has 0 fully saturated rings. The van der Waals surface area contributed by atoms with Crippen molar-refractivity contribution in [1.29, 1.82) is 0 Å². The summed E-state index contributed by atoms with van der Waals surface area (Å²) in [6.45, 7) is 13.4. The molecule has 1 atom stereocenters. The summed E-state index contributed by atoms with van der Waals surface area (Å²) >= 11 is 0. The van der Waals surface area contributed by atoms with Crippen molar-refractivity contribution in [2.24, 2.45) is 10.9 Å². The van der Waals surface area contributed by atoms with E-state index in [0.717, 1.165) is 25.3 Å². The molecule has 138 valence electrons. The third-order valence-electron chi connectivity index (χ3n) is 2.78. The molecule has 1 amide bonds. The fourth-order valence-corrected chi connectivity index (χ4v) is 1.79. The van der Waals surface area contributed by atoms with Crippen LogP contribution in [0.5, 0.6) is 0 Å². The van der Waals surface area contributed by atoms with Gasteiger partial charge >= 0.3 is 6.09 Å². The van der Waals surface area contributed by atoms with Gasteiger partial charge in [0.15, 0.2) is 5.96 Å². The molecule has 0 aliphatic heterocycles. The van der Waals surface area contributed by atoms with Crippen molar-refractivity contribution < 1.29 is 9.53 Å². The molecule has 0 aromatic carbocycles. The Morgan fingerprint density at radius 2 is 1.74 bits per heavy atom. The lowest BCUT2D eigenvalue weighted by Gasteiger charge is -2.24. The van der Waals surface area contributed by atoms with Gasteiger partial charge in [-0.3, -0.25) is 4.99 Å². The van der Waals surface area contributed by atoms with Gasteiger partial charge in [0.25, 0.3) is 0 Å². The minimum absolute atomic E-state index is 0. The largest absolute Gasteiger partial charge is 0.444 e. The number of hydrogen-bond acceptors (Lipinski definition) is 3. The van der Waals surface area contributed by atoms with Gasteiger partial charge in [0.1, 0.15) is 5.60 Å². The SMILES string of the molecule is CCCC(CNC(=NC)NCC(C)C)NC(=O)OC(C)(C)C.I. The number of nitrogens with one attached hydrogen (secondary N) is 3. The summed E-state index contributed by atoms with van der Waals surface area (Å²) in [7, 11) is 1.74. The lowest BCUT2D eigenvalue weighted by Crippen LogP contribution is -2.48. The van der Waals surface area contributed by atoms with Crippen molar-refractivity contribution in [2.75, 3.05) is 20.1 Å². The lowest BCUT2D eigenvalue weighted by molar-refractivity contribution is 0.0502. The lowest BCUT2D eigenvalue weighted by atomic mass is 10.1. The van der Waals surface area contributed by atoms with Crippen LogP contribution in [0.25, 0.3) is 0 Å². The summed E-state index contributed by atoms with van der Waals surface area (Å²) in [4.78, 5) is 16.0. The number of carbonyl (C=O) groups excluding carboxylic acids is 1. The first-order valence-corrected chi connectivity index (χ1v) is 8.12. The topological polar surface area (TPSA) is 74.8 Å². The third-order valence-corrected chi connectivity index (χ3v) is 2.78. The molecule has 0 bridgehead atoms. The number of aliphatic imine (C=N–C) groups is 1. The van der Waals surface area contributed by atoms with Crippen molar-refractivity contribution in [3.05, 3.63) is 0 Å². The number of halogens is 1. The second kappa shape index (κ2) is 12.7. The number of nitrogens with zero attached hydrogens (tertiary/aromatic N) is 1. The molecule has 0 saturated heterocycles. The van der Waals surface area contributed by atoms with Gasteiger partial charge in [0.05, 0.1) is 0 Å². The summed E-state index contributed by atoms with van der Waals surface area (Å²) < 4.78 is 5.30. The van der Waals surface area contributed by atoms with Gasteiger partial charge in [-0.2, -0.15) is 0 Å². The Bertz CT molecular complexity index is 354. The maximum atomic E-state index is 11.9. The third kappa shape index (κ3) is 14.6. The Morgan fingerprint density at radius 1 is 1.17 bits per heavy atom. The maximum absolute atomic E-state index is 11.9. The highest BCUT2D eigenvalue weighted by atomic mass is 127. The van der Waals surface area contributed by atoms with Crippen molar-refractivity contribution >= 4 is 36.0 Å². The smallest absolute Gasteiger partial charge is 0.407 e. The van der Waals surface area contributed by atoms with Crippen LogP contribution >= 0.6 is 24.0 Å². The number of hydrogen-bond donors (Lipinski definition) is 3. The summed E-state index contributed by atoms with van der Waals surface area (Å²) in [5, 5.41) is 9.41. The molecule has 0 aliphatic rings. The van der Waals surface area contributed by atoms with E-state index < -0.39 is 5.60 Å². The molecule has 0 aromatic heterocycles. The first kappa shape index (κ1) is 24.5. The fraction of sp³-hybridized carbons (Fsp3) is 0.875. The minimum atomic E-state index is -0.483. The molecule has 0 saturated carbocycles. The zero-order valence-corrected chi connectivity index (χ0v) is 18.0. The Balaban J connectivity index is 0. The van der Waals surface area contributed by atoms with Crippen LogP contribution in [0.3, 0.4) is 0 Å². The molecule has 1 unspecified atom stereocenters. The van der Waals surface area contributed by atoms with Crippen molar-refractivity contribution in [1.82, 2.24) is 16.0 Å². The Labute approximate surface area is 158 Å². The number of carbonyl (C=O) groups is 1. The number of guanidine groups is 1. The van der Waals surface area contributed by atoms with Gasteiger partial charge in [-0.1, -0.05) is 27.2 Å². The molecule has 7 heteroatoms. The summed E-state index contributed by atoms with van der Waals surface area (Å²) in [6.07, 6.45) is 1.49. The molecule has 6 nitrogen and oxygen atoms in total. The molecular formula is C16H35IN4O2. The van der Waals surface area contributed by atoms with E-state index >= 15 is 0 Å². The van der Waals surface area contributed by atoms with Gasteiger partial charge in [-0.05, 0) is 33.1 Å². The zero-order valence-electron chi connectivity index (χ0n) is 15.7. The highest BCUT2D eigenvalue weighted by Gasteiger charge is 2.19. The first-order chi connectivity index (χ1) is 10.2. The summed E-state index contributed by atoms with van der Waals surface area (Å²) in [5.41, 5.74) is -0.483. The molecule has 0 spiro atoms. The number of amides is 1. The fourth-order valence-electron chi connectivity index (χ4n) is 1.79. The molecule has 0 radical (unpaired) electrons. The van der Waals surface area contributed by atoms with Crippen LogP contribution in [-0.4, -0.2) is 43.8 Å². The minimum Gasteiger partial charge on any atom is -0.444 e. The number of alkyl carbamates (subject to hydrolysis) is 1. The van der Waals surface area contributed by atoms with Crippen LogP contribution in [0.4, 0.5) is 4.79 Å². The van der Waals surface area contributed by atoms with Gasteiger partial charge in [0, 0.05) is 26.2 Å². The van der Waals surface area contributed by atoms with Gasteiger partial charge < -0.3 is 20.7 Å². The van der Waals surface area contributed by atoms with Crippen LogP contribution in [0.2, 0.25) is 0 Å². The molecule has 0 aromatic rings. The Morgan fingerprint density at radius 3 is 2.17 bits per heavy atom. The maximum Gasteiger partial charge on any atom is 0.407 e. The van der Waals surface area contributed by atoms with Crippen LogP contribution in [-0.2, 0) is 4.74 Å². The zero-order chi connectivity index (χ0) is 17.2. The van der Waals surface area contributed by atoms with Gasteiger partial charge in [-0.25, -0.2) is 4.79 Å². The van der Waals surface area contributed by atoms with E-state index in [1.54, 1.807) is 7.05 Å². The van der Waals surface area contributed by atoms with Gasteiger partial charge in [-0.15, -0.1) is 24.0 Å². The van der Waals surface area contributed by atoms with Crippen LogP contribution in [0.15, 0.2) is 4.99 Å². The van der Waals surface area contributed by atoms with Crippen LogP contribution in [0, 0.1) is 5.92 Å².